The van der Waals surface area contributed by atoms with Gasteiger partial charge in [0.2, 0.25) is 0 Å². The Hall–Kier alpha value is -2.94. The molecule has 3 nitrogen and oxygen atoms in total. The zero-order valence-corrected chi connectivity index (χ0v) is 13.9. The van der Waals surface area contributed by atoms with E-state index in [1.165, 1.54) is 5.56 Å². The van der Waals surface area contributed by atoms with Crippen molar-refractivity contribution < 1.29 is 14.2 Å². The van der Waals surface area contributed by atoms with Crippen molar-refractivity contribution in [1.29, 1.82) is 0 Å². The van der Waals surface area contributed by atoms with E-state index in [-0.39, 0.29) is 0 Å². The minimum atomic E-state index is 0.477. The molecule has 3 aromatic rings. The lowest BCUT2D eigenvalue weighted by molar-refractivity contribution is 0.303. The van der Waals surface area contributed by atoms with Crippen LogP contribution in [0.1, 0.15) is 11.1 Å². The van der Waals surface area contributed by atoms with E-state index in [4.69, 9.17) is 14.2 Å². The number of hydrogen-bond donors (Lipinski definition) is 0. The molecular formula is C21H20O3. The summed E-state index contributed by atoms with van der Waals surface area (Å²) < 4.78 is 16.9. The summed E-state index contributed by atoms with van der Waals surface area (Å²) in [6.45, 7) is 2.53. The van der Waals surface area contributed by atoms with Crippen LogP contribution in [0.5, 0.6) is 23.0 Å². The molecule has 122 valence electrons. The van der Waals surface area contributed by atoms with Gasteiger partial charge in [-0.3, -0.25) is 0 Å². The van der Waals surface area contributed by atoms with E-state index in [2.05, 4.69) is 6.92 Å². The second-order valence-corrected chi connectivity index (χ2v) is 5.53. The highest BCUT2D eigenvalue weighted by molar-refractivity contribution is 5.37. The highest BCUT2D eigenvalue weighted by Gasteiger charge is 2.02. The Kier molecular flexibility index (Phi) is 5.02. The van der Waals surface area contributed by atoms with Crippen LogP contribution in [0.25, 0.3) is 0 Å². The maximum absolute atomic E-state index is 5.86. The van der Waals surface area contributed by atoms with Crippen LogP contribution in [0.15, 0.2) is 72.8 Å². The fraction of sp³-hybridized carbons (Fsp3) is 0.143. The van der Waals surface area contributed by atoms with Crippen molar-refractivity contribution in [2.24, 2.45) is 0 Å². The molecule has 0 unspecified atom stereocenters. The number of ether oxygens (including phenoxy) is 3. The third-order valence-electron chi connectivity index (χ3n) is 3.60. The Labute approximate surface area is 142 Å². The first kappa shape index (κ1) is 15.9. The number of aryl methyl sites for hydroxylation is 1. The van der Waals surface area contributed by atoms with E-state index < -0.39 is 0 Å². The molecule has 3 aromatic carbocycles. The number of methoxy groups -OCH3 is 1. The molecule has 24 heavy (non-hydrogen) atoms. The molecule has 0 aromatic heterocycles. The van der Waals surface area contributed by atoms with Crippen molar-refractivity contribution >= 4 is 0 Å². The predicted molar refractivity (Wildman–Crippen MR) is 95.0 cm³/mol. The highest BCUT2D eigenvalue weighted by atomic mass is 16.5. The van der Waals surface area contributed by atoms with Crippen molar-refractivity contribution in [3.8, 4) is 23.0 Å². The normalized spacial score (nSPS) is 10.2. The fourth-order valence-electron chi connectivity index (χ4n) is 2.30. The fourth-order valence-corrected chi connectivity index (χ4v) is 2.30. The van der Waals surface area contributed by atoms with Crippen molar-refractivity contribution in [3.63, 3.8) is 0 Å². The Morgan fingerprint density at radius 2 is 1.42 bits per heavy atom. The van der Waals surface area contributed by atoms with Crippen molar-refractivity contribution in [1.82, 2.24) is 0 Å². The average molecular weight is 320 g/mol. The number of benzene rings is 3. The van der Waals surface area contributed by atoms with Gasteiger partial charge in [-0.15, -0.1) is 0 Å². The lowest BCUT2D eigenvalue weighted by Crippen LogP contribution is -1.96. The van der Waals surface area contributed by atoms with E-state index in [0.717, 1.165) is 28.6 Å². The maximum atomic E-state index is 5.86. The second-order valence-electron chi connectivity index (χ2n) is 5.53. The van der Waals surface area contributed by atoms with E-state index in [9.17, 15) is 0 Å². The molecule has 0 heterocycles. The van der Waals surface area contributed by atoms with Gasteiger partial charge in [0.15, 0.2) is 0 Å². The first-order valence-corrected chi connectivity index (χ1v) is 7.83. The van der Waals surface area contributed by atoms with Crippen LogP contribution in [-0.4, -0.2) is 7.11 Å². The van der Waals surface area contributed by atoms with Crippen molar-refractivity contribution in [2.45, 2.75) is 13.5 Å². The Bertz CT molecular complexity index is 794. The van der Waals surface area contributed by atoms with Crippen LogP contribution < -0.4 is 14.2 Å². The Balaban J connectivity index is 1.65. The van der Waals surface area contributed by atoms with E-state index in [1.807, 2.05) is 72.8 Å². The lowest BCUT2D eigenvalue weighted by Gasteiger charge is -2.10. The summed E-state index contributed by atoms with van der Waals surface area (Å²) in [6.07, 6.45) is 0. The third-order valence-corrected chi connectivity index (χ3v) is 3.60. The van der Waals surface area contributed by atoms with Gasteiger partial charge in [-0.25, -0.2) is 0 Å². The first-order chi connectivity index (χ1) is 11.7. The first-order valence-electron chi connectivity index (χ1n) is 7.83. The monoisotopic (exact) mass is 320 g/mol. The molecule has 0 amide bonds. The minimum Gasteiger partial charge on any atom is -0.497 e. The summed E-state index contributed by atoms with van der Waals surface area (Å²) in [5, 5.41) is 0. The molecule has 0 bridgehead atoms. The molecule has 0 saturated heterocycles. The Morgan fingerprint density at radius 1 is 0.708 bits per heavy atom. The van der Waals surface area contributed by atoms with Gasteiger partial charge in [0.25, 0.3) is 0 Å². The highest BCUT2D eigenvalue weighted by Crippen LogP contribution is 2.26. The number of hydrogen-bond acceptors (Lipinski definition) is 3. The topological polar surface area (TPSA) is 27.7 Å². The van der Waals surface area contributed by atoms with E-state index >= 15 is 0 Å². The van der Waals surface area contributed by atoms with Gasteiger partial charge in [0, 0.05) is 6.07 Å². The summed E-state index contributed by atoms with van der Waals surface area (Å²) in [5.74, 6) is 3.16. The third kappa shape index (κ3) is 4.29. The predicted octanol–water partition coefficient (Wildman–Crippen LogP) is 5.37. The second kappa shape index (κ2) is 7.55. The summed E-state index contributed by atoms with van der Waals surface area (Å²) in [6, 6.07) is 23.5. The maximum Gasteiger partial charge on any atom is 0.131 e. The average Bonchev–Trinajstić information content (AvgIpc) is 2.62. The van der Waals surface area contributed by atoms with Crippen LogP contribution >= 0.6 is 0 Å². The lowest BCUT2D eigenvalue weighted by atomic mass is 10.2. The molecule has 0 radical (unpaired) electrons. The molecule has 0 aliphatic rings. The molecule has 3 heteroatoms. The zero-order valence-electron chi connectivity index (χ0n) is 13.9. The molecule has 0 N–H and O–H groups in total. The van der Waals surface area contributed by atoms with Crippen LogP contribution in [0.2, 0.25) is 0 Å². The van der Waals surface area contributed by atoms with Crippen LogP contribution in [0.4, 0.5) is 0 Å². The van der Waals surface area contributed by atoms with Crippen LogP contribution in [-0.2, 0) is 6.61 Å². The van der Waals surface area contributed by atoms with E-state index in [0.29, 0.717) is 6.61 Å². The molecular weight excluding hydrogens is 300 g/mol. The quantitative estimate of drug-likeness (QED) is 0.610. The zero-order chi connectivity index (χ0) is 16.8. The SMILES string of the molecule is COc1cccc(COc2cccc(Oc3ccc(C)cc3)c2)c1. The van der Waals surface area contributed by atoms with Gasteiger partial charge < -0.3 is 14.2 Å². The molecule has 0 aliphatic heterocycles. The summed E-state index contributed by atoms with van der Waals surface area (Å²) in [7, 11) is 1.66. The van der Waals surface area contributed by atoms with Crippen molar-refractivity contribution in [2.75, 3.05) is 7.11 Å². The van der Waals surface area contributed by atoms with Crippen molar-refractivity contribution in [3.05, 3.63) is 83.9 Å². The molecule has 0 aliphatic carbocycles. The van der Waals surface area contributed by atoms with Gasteiger partial charge >= 0.3 is 0 Å². The van der Waals surface area contributed by atoms with Gasteiger partial charge in [-0.05, 0) is 48.9 Å². The molecule has 0 fully saturated rings. The molecule has 0 spiro atoms. The van der Waals surface area contributed by atoms with E-state index in [1.54, 1.807) is 7.11 Å². The van der Waals surface area contributed by atoms with Gasteiger partial charge in [0.05, 0.1) is 7.11 Å². The summed E-state index contributed by atoms with van der Waals surface area (Å²) in [4.78, 5) is 0. The molecule has 0 atom stereocenters. The summed E-state index contributed by atoms with van der Waals surface area (Å²) >= 11 is 0. The van der Waals surface area contributed by atoms with Crippen LogP contribution in [0.3, 0.4) is 0 Å². The van der Waals surface area contributed by atoms with Gasteiger partial charge in [-0.2, -0.15) is 0 Å². The molecule has 3 rings (SSSR count). The van der Waals surface area contributed by atoms with Gasteiger partial charge in [0.1, 0.15) is 29.6 Å². The standard InChI is InChI=1S/C21H20O3/c1-16-9-11-18(12-10-16)24-21-8-4-7-20(14-21)23-15-17-5-3-6-19(13-17)22-2/h3-14H,15H2,1-2H3. The van der Waals surface area contributed by atoms with Gasteiger partial charge in [-0.1, -0.05) is 35.9 Å². The Morgan fingerprint density at radius 3 is 2.21 bits per heavy atom. The molecule has 0 saturated carbocycles. The smallest absolute Gasteiger partial charge is 0.131 e. The largest absolute Gasteiger partial charge is 0.497 e. The summed E-state index contributed by atoms with van der Waals surface area (Å²) in [5.41, 5.74) is 2.26. The van der Waals surface area contributed by atoms with Crippen LogP contribution in [0, 0.1) is 6.92 Å². The number of rotatable bonds is 6. The minimum absolute atomic E-state index is 0.477.